The van der Waals surface area contributed by atoms with Crippen molar-refractivity contribution in [2.24, 2.45) is 0 Å². The van der Waals surface area contributed by atoms with Gasteiger partial charge in [-0.15, -0.1) is 0 Å². The van der Waals surface area contributed by atoms with Gasteiger partial charge in [0, 0.05) is 17.5 Å². The van der Waals surface area contributed by atoms with Crippen LogP contribution in [0.15, 0.2) is 18.2 Å². The molecule has 1 rings (SSSR count). The molecule has 98 valence electrons. The summed E-state index contributed by atoms with van der Waals surface area (Å²) in [4.78, 5) is 22.5. The Hall–Kier alpha value is -1.88. The van der Waals surface area contributed by atoms with E-state index in [1.54, 1.807) is 13.8 Å². The number of Topliss-reactive ketones (excluding diaryl/α,β-unsaturated/α-hetero) is 1. The van der Waals surface area contributed by atoms with E-state index < -0.39 is 12.1 Å². The van der Waals surface area contributed by atoms with Crippen LogP contribution in [-0.4, -0.2) is 28.6 Å². The van der Waals surface area contributed by atoms with Crippen molar-refractivity contribution in [3.8, 4) is 5.75 Å². The van der Waals surface area contributed by atoms with Crippen LogP contribution >= 0.6 is 0 Å². The van der Waals surface area contributed by atoms with E-state index in [0.717, 1.165) is 0 Å². The third-order valence-electron chi connectivity index (χ3n) is 2.49. The van der Waals surface area contributed by atoms with Gasteiger partial charge < -0.3 is 14.9 Å². The van der Waals surface area contributed by atoms with Crippen molar-refractivity contribution < 1.29 is 24.5 Å². The van der Waals surface area contributed by atoms with E-state index in [0.29, 0.717) is 12.4 Å². The first-order valence-electron chi connectivity index (χ1n) is 5.72. The topological polar surface area (TPSA) is 83.8 Å². The minimum absolute atomic E-state index is 0.0952. The van der Waals surface area contributed by atoms with Crippen molar-refractivity contribution >= 4 is 11.8 Å². The molecule has 1 aromatic rings. The van der Waals surface area contributed by atoms with Gasteiger partial charge in [0.05, 0.1) is 6.61 Å². The SMILES string of the molecule is CCOc1ccc(C(O)C(=O)O)c(C(=O)CC)c1. The van der Waals surface area contributed by atoms with Crippen molar-refractivity contribution in [1.82, 2.24) is 0 Å². The van der Waals surface area contributed by atoms with E-state index in [1.165, 1.54) is 18.2 Å². The standard InChI is InChI=1S/C13H16O5/c1-3-11(14)10-7-8(18-4-2)5-6-9(10)12(15)13(16)17/h5-7,12,15H,3-4H2,1-2H3,(H,16,17). The molecule has 0 heterocycles. The van der Waals surface area contributed by atoms with Crippen LogP contribution in [0.2, 0.25) is 0 Å². The Balaban J connectivity index is 3.24. The second kappa shape index (κ2) is 6.16. The Morgan fingerprint density at radius 3 is 2.50 bits per heavy atom. The van der Waals surface area contributed by atoms with Crippen LogP contribution < -0.4 is 4.74 Å². The maximum atomic E-state index is 11.8. The zero-order valence-electron chi connectivity index (χ0n) is 10.3. The number of aliphatic hydroxyl groups is 1. The molecular formula is C13H16O5. The fraction of sp³-hybridized carbons (Fsp3) is 0.385. The smallest absolute Gasteiger partial charge is 0.337 e. The first kappa shape index (κ1) is 14.2. The van der Waals surface area contributed by atoms with E-state index in [-0.39, 0.29) is 23.3 Å². The normalized spacial score (nSPS) is 11.9. The zero-order chi connectivity index (χ0) is 13.7. The average Bonchev–Trinajstić information content (AvgIpc) is 2.37. The van der Waals surface area contributed by atoms with Crippen LogP contribution in [0.5, 0.6) is 5.75 Å². The zero-order valence-corrected chi connectivity index (χ0v) is 10.3. The summed E-state index contributed by atoms with van der Waals surface area (Å²) in [5.41, 5.74) is 0.288. The van der Waals surface area contributed by atoms with E-state index in [2.05, 4.69) is 0 Å². The van der Waals surface area contributed by atoms with Gasteiger partial charge in [0.2, 0.25) is 0 Å². The molecule has 0 spiro atoms. The monoisotopic (exact) mass is 252 g/mol. The Kier molecular flexibility index (Phi) is 4.85. The Labute approximate surface area is 105 Å². The van der Waals surface area contributed by atoms with E-state index >= 15 is 0 Å². The lowest BCUT2D eigenvalue weighted by Crippen LogP contribution is -2.15. The number of ether oxygens (including phenoxy) is 1. The maximum absolute atomic E-state index is 11.8. The fourth-order valence-electron chi connectivity index (χ4n) is 1.60. The summed E-state index contributed by atoms with van der Waals surface area (Å²) in [5, 5.41) is 18.3. The van der Waals surface area contributed by atoms with Gasteiger partial charge in [-0.2, -0.15) is 0 Å². The van der Waals surface area contributed by atoms with Gasteiger partial charge in [0.25, 0.3) is 0 Å². The van der Waals surface area contributed by atoms with Crippen molar-refractivity contribution in [2.45, 2.75) is 26.4 Å². The van der Waals surface area contributed by atoms with Gasteiger partial charge in [-0.25, -0.2) is 4.79 Å². The Morgan fingerprint density at radius 2 is 2.00 bits per heavy atom. The molecule has 0 aliphatic heterocycles. The molecule has 0 aliphatic carbocycles. The summed E-state index contributed by atoms with van der Waals surface area (Å²) in [6.07, 6.45) is -1.47. The molecule has 0 aromatic heterocycles. The number of hydrogen-bond acceptors (Lipinski definition) is 4. The first-order chi connectivity index (χ1) is 8.51. The van der Waals surface area contributed by atoms with Gasteiger partial charge in [-0.05, 0) is 19.1 Å². The molecular weight excluding hydrogens is 236 g/mol. The highest BCUT2D eigenvalue weighted by atomic mass is 16.5. The molecule has 0 fully saturated rings. The van der Waals surface area contributed by atoms with Crippen LogP contribution in [0.1, 0.15) is 42.3 Å². The molecule has 0 saturated heterocycles. The number of aliphatic hydroxyl groups excluding tert-OH is 1. The second-order valence-electron chi connectivity index (χ2n) is 3.70. The summed E-state index contributed by atoms with van der Waals surface area (Å²) < 4.78 is 5.26. The van der Waals surface area contributed by atoms with Gasteiger partial charge in [-0.3, -0.25) is 4.79 Å². The van der Waals surface area contributed by atoms with E-state index in [4.69, 9.17) is 9.84 Å². The summed E-state index contributed by atoms with van der Waals surface area (Å²) in [6, 6.07) is 4.42. The summed E-state index contributed by atoms with van der Waals surface area (Å²) in [5.74, 6) is -1.13. The number of aliphatic carboxylic acids is 1. The summed E-state index contributed by atoms with van der Waals surface area (Å²) >= 11 is 0. The predicted octanol–water partition coefficient (Wildman–Crippen LogP) is 1.80. The third kappa shape index (κ3) is 3.07. The summed E-state index contributed by atoms with van der Waals surface area (Å²) in [7, 11) is 0. The molecule has 0 radical (unpaired) electrons. The highest BCUT2D eigenvalue weighted by Gasteiger charge is 2.22. The number of carbonyl (C=O) groups is 2. The Bertz CT molecular complexity index is 453. The Morgan fingerprint density at radius 1 is 1.33 bits per heavy atom. The molecule has 1 aromatic carbocycles. The van der Waals surface area contributed by atoms with Crippen LogP contribution in [-0.2, 0) is 4.79 Å². The van der Waals surface area contributed by atoms with Crippen molar-refractivity contribution in [1.29, 1.82) is 0 Å². The van der Waals surface area contributed by atoms with E-state index in [9.17, 15) is 14.7 Å². The molecule has 18 heavy (non-hydrogen) atoms. The lowest BCUT2D eigenvalue weighted by atomic mass is 9.97. The number of rotatable bonds is 6. The van der Waals surface area contributed by atoms with Gasteiger partial charge in [0.1, 0.15) is 5.75 Å². The molecule has 0 amide bonds. The molecule has 2 N–H and O–H groups in total. The summed E-state index contributed by atoms with van der Waals surface area (Å²) in [6.45, 7) is 3.93. The molecule has 0 bridgehead atoms. The largest absolute Gasteiger partial charge is 0.494 e. The average molecular weight is 252 g/mol. The lowest BCUT2D eigenvalue weighted by molar-refractivity contribution is -0.146. The number of ketones is 1. The molecule has 1 unspecified atom stereocenters. The number of carboxylic acids is 1. The second-order valence-corrected chi connectivity index (χ2v) is 3.70. The minimum atomic E-state index is -1.70. The molecule has 5 nitrogen and oxygen atoms in total. The maximum Gasteiger partial charge on any atom is 0.337 e. The highest BCUT2D eigenvalue weighted by Crippen LogP contribution is 2.25. The van der Waals surface area contributed by atoms with Crippen LogP contribution in [0.25, 0.3) is 0 Å². The number of benzene rings is 1. The molecule has 1 atom stereocenters. The van der Waals surface area contributed by atoms with Crippen LogP contribution in [0.3, 0.4) is 0 Å². The predicted molar refractivity (Wildman–Crippen MR) is 64.8 cm³/mol. The minimum Gasteiger partial charge on any atom is -0.494 e. The fourth-order valence-corrected chi connectivity index (χ4v) is 1.60. The van der Waals surface area contributed by atoms with Gasteiger partial charge >= 0.3 is 5.97 Å². The lowest BCUT2D eigenvalue weighted by Gasteiger charge is -2.13. The first-order valence-corrected chi connectivity index (χ1v) is 5.72. The quantitative estimate of drug-likeness (QED) is 0.754. The molecule has 5 heteroatoms. The van der Waals surface area contributed by atoms with Crippen LogP contribution in [0.4, 0.5) is 0 Å². The number of carboxylic acid groups (broad SMARTS) is 1. The van der Waals surface area contributed by atoms with Gasteiger partial charge in [-0.1, -0.05) is 13.0 Å². The van der Waals surface area contributed by atoms with Gasteiger partial charge in [0.15, 0.2) is 11.9 Å². The molecule has 0 saturated carbocycles. The van der Waals surface area contributed by atoms with Crippen molar-refractivity contribution in [3.63, 3.8) is 0 Å². The van der Waals surface area contributed by atoms with Crippen molar-refractivity contribution in [2.75, 3.05) is 6.61 Å². The van der Waals surface area contributed by atoms with Crippen LogP contribution in [0, 0.1) is 0 Å². The third-order valence-corrected chi connectivity index (χ3v) is 2.49. The molecule has 0 aliphatic rings. The van der Waals surface area contributed by atoms with E-state index in [1.807, 2.05) is 0 Å². The van der Waals surface area contributed by atoms with Crippen molar-refractivity contribution in [3.05, 3.63) is 29.3 Å². The number of hydrogen-bond donors (Lipinski definition) is 2. The number of carbonyl (C=O) groups excluding carboxylic acids is 1. The highest BCUT2D eigenvalue weighted by molar-refractivity contribution is 5.99.